The maximum Gasteiger partial charge on any atom is 0.266 e. The molecule has 0 bridgehead atoms. The molecule has 1 aromatic heterocycles. The molecule has 0 radical (unpaired) electrons. The molecule has 3 rings (SSSR count). The Morgan fingerprint density at radius 3 is 2.48 bits per heavy atom. The van der Waals surface area contributed by atoms with Gasteiger partial charge in [-0.05, 0) is 26.0 Å². The first-order chi connectivity index (χ1) is 14.0. The lowest BCUT2D eigenvalue weighted by Gasteiger charge is -2.20. The molecule has 6 nitrogen and oxygen atoms in total. The minimum atomic E-state index is -0.282. The highest BCUT2D eigenvalue weighted by atomic mass is 32.1. The van der Waals surface area contributed by atoms with Gasteiger partial charge in [0.15, 0.2) is 0 Å². The van der Waals surface area contributed by atoms with E-state index >= 15 is 0 Å². The van der Waals surface area contributed by atoms with Crippen molar-refractivity contribution < 1.29 is 14.3 Å². The normalized spacial score (nSPS) is 10.4. The molecule has 150 valence electrons. The Morgan fingerprint density at radius 2 is 1.79 bits per heavy atom. The van der Waals surface area contributed by atoms with Crippen LogP contribution in [0, 0.1) is 6.92 Å². The molecule has 29 heavy (non-hydrogen) atoms. The van der Waals surface area contributed by atoms with Gasteiger partial charge in [0.2, 0.25) is 5.91 Å². The summed E-state index contributed by atoms with van der Waals surface area (Å²) < 4.78 is 5.25. The lowest BCUT2D eigenvalue weighted by Crippen LogP contribution is -2.37. The Morgan fingerprint density at radius 1 is 1.10 bits per heavy atom. The molecular weight excluding hydrogens is 386 g/mol. The highest BCUT2D eigenvalue weighted by Crippen LogP contribution is 2.29. The van der Waals surface area contributed by atoms with Crippen molar-refractivity contribution in [2.45, 2.75) is 13.8 Å². The van der Waals surface area contributed by atoms with Crippen LogP contribution in [0.5, 0.6) is 5.75 Å². The number of carbonyl (C=O) groups excluding carboxylic acids is 2. The Hall–Kier alpha value is -3.19. The van der Waals surface area contributed by atoms with Crippen LogP contribution in [0.1, 0.15) is 22.3 Å². The number of methoxy groups -OCH3 is 1. The first-order valence-electron chi connectivity index (χ1n) is 9.28. The molecule has 0 unspecified atom stereocenters. The second-order valence-electron chi connectivity index (χ2n) is 6.37. The van der Waals surface area contributed by atoms with Crippen molar-refractivity contribution in [2.75, 3.05) is 25.5 Å². The van der Waals surface area contributed by atoms with Crippen LogP contribution in [0.25, 0.3) is 10.6 Å². The third-order valence-electron chi connectivity index (χ3n) is 4.40. The predicted molar refractivity (Wildman–Crippen MR) is 115 cm³/mol. The van der Waals surface area contributed by atoms with Crippen molar-refractivity contribution >= 4 is 28.8 Å². The molecule has 1 N–H and O–H groups in total. The van der Waals surface area contributed by atoms with Crippen LogP contribution < -0.4 is 10.1 Å². The molecule has 0 aliphatic carbocycles. The average molecular weight is 410 g/mol. The number of aromatic nitrogens is 1. The number of amides is 2. The van der Waals surface area contributed by atoms with E-state index < -0.39 is 0 Å². The Bertz CT molecular complexity index is 1000. The third kappa shape index (κ3) is 4.81. The average Bonchev–Trinajstić information content (AvgIpc) is 3.14. The number of nitrogens with zero attached hydrogens (tertiary/aromatic N) is 2. The summed E-state index contributed by atoms with van der Waals surface area (Å²) in [6, 6.07) is 16.9. The van der Waals surface area contributed by atoms with E-state index in [9.17, 15) is 9.59 Å². The van der Waals surface area contributed by atoms with Gasteiger partial charge in [0.25, 0.3) is 5.91 Å². The van der Waals surface area contributed by atoms with Crippen molar-refractivity contribution in [3.05, 3.63) is 65.2 Å². The first-order valence-corrected chi connectivity index (χ1v) is 10.1. The Kier molecular flexibility index (Phi) is 6.61. The van der Waals surface area contributed by atoms with E-state index in [1.54, 1.807) is 19.2 Å². The fourth-order valence-corrected chi connectivity index (χ4v) is 3.92. The number of para-hydroxylation sites is 2. The van der Waals surface area contributed by atoms with Gasteiger partial charge in [0.05, 0.1) is 18.5 Å². The van der Waals surface area contributed by atoms with Crippen LogP contribution in [0.3, 0.4) is 0 Å². The van der Waals surface area contributed by atoms with Gasteiger partial charge in [0, 0.05) is 12.1 Å². The molecule has 2 aromatic carbocycles. The summed E-state index contributed by atoms with van der Waals surface area (Å²) >= 11 is 1.35. The molecular formula is C22H23N3O3S. The minimum Gasteiger partial charge on any atom is -0.495 e. The van der Waals surface area contributed by atoms with E-state index in [0.717, 1.165) is 10.6 Å². The fraction of sp³-hybridized carbons (Fsp3) is 0.227. The van der Waals surface area contributed by atoms with Gasteiger partial charge in [-0.2, -0.15) is 0 Å². The number of aryl methyl sites for hydroxylation is 1. The molecule has 0 saturated heterocycles. The van der Waals surface area contributed by atoms with Gasteiger partial charge in [-0.25, -0.2) is 4.98 Å². The molecule has 0 spiro atoms. The van der Waals surface area contributed by atoms with E-state index in [1.165, 1.54) is 16.2 Å². The standard InChI is InChI=1S/C22H23N3O3S/c1-4-25(14-19(26)24-17-12-8-9-13-18(17)28-3)22(27)20-15(2)23-21(29-20)16-10-6-5-7-11-16/h5-13H,4,14H2,1-3H3,(H,24,26). The van der Waals surface area contributed by atoms with Crippen LogP contribution in [0.4, 0.5) is 5.69 Å². The number of hydrogen-bond donors (Lipinski definition) is 1. The van der Waals surface area contributed by atoms with Gasteiger partial charge in [-0.1, -0.05) is 42.5 Å². The number of likely N-dealkylation sites (N-methyl/N-ethyl adjacent to an activating group) is 1. The summed E-state index contributed by atoms with van der Waals surface area (Å²) in [6.45, 7) is 4.03. The summed E-state index contributed by atoms with van der Waals surface area (Å²) in [5.41, 5.74) is 2.21. The monoisotopic (exact) mass is 409 g/mol. The molecule has 2 amide bonds. The first kappa shape index (κ1) is 20.5. The van der Waals surface area contributed by atoms with Crippen LogP contribution in [0.2, 0.25) is 0 Å². The quantitative estimate of drug-likeness (QED) is 0.634. The number of anilines is 1. The summed E-state index contributed by atoms with van der Waals surface area (Å²) in [4.78, 5) is 32.2. The van der Waals surface area contributed by atoms with Crippen LogP contribution in [-0.4, -0.2) is 41.9 Å². The zero-order chi connectivity index (χ0) is 20.8. The lowest BCUT2D eigenvalue weighted by atomic mass is 10.2. The van der Waals surface area contributed by atoms with Crippen LogP contribution in [0.15, 0.2) is 54.6 Å². The van der Waals surface area contributed by atoms with Crippen molar-refractivity contribution in [1.82, 2.24) is 9.88 Å². The predicted octanol–water partition coefficient (Wildman–Crippen LogP) is 4.23. The highest BCUT2D eigenvalue weighted by Gasteiger charge is 2.23. The van der Waals surface area contributed by atoms with Crippen LogP contribution >= 0.6 is 11.3 Å². The maximum absolute atomic E-state index is 13.0. The largest absolute Gasteiger partial charge is 0.495 e. The summed E-state index contributed by atoms with van der Waals surface area (Å²) in [6.07, 6.45) is 0. The zero-order valence-electron chi connectivity index (χ0n) is 16.6. The maximum atomic E-state index is 13.0. The summed E-state index contributed by atoms with van der Waals surface area (Å²) in [5.74, 6) is 0.0936. The molecule has 0 aliphatic rings. The van der Waals surface area contributed by atoms with Gasteiger partial charge in [-0.3, -0.25) is 9.59 Å². The fourth-order valence-electron chi connectivity index (χ4n) is 2.88. The van der Waals surface area contributed by atoms with Crippen molar-refractivity contribution in [3.63, 3.8) is 0 Å². The molecule has 7 heteroatoms. The van der Waals surface area contributed by atoms with E-state index in [2.05, 4.69) is 10.3 Å². The molecule has 0 fully saturated rings. The van der Waals surface area contributed by atoms with E-state index in [0.29, 0.717) is 28.6 Å². The number of nitrogens with one attached hydrogen (secondary N) is 1. The van der Waals surface area contributed by atoms with Gasteiger partial charge < -0.3 is 15.0 Å². The molecule has 1 heterocycles. The topological polar surface area (TPSA) is 71.5 Å². The Labute approximate surface area is 174 Å². The van der Waals surface area contributed by atoms with Crippen molar-refractivity contribution in [3.8, 4) is 16.3 Å². The molecule has 3 aromatic rings. The van der Waals surface area contributed by atoms with E-state index in [4.69, 9.17) is 4.74 Å². The second kappa shape index (κ2) is 9.34. The van der Waals surface area contributed by atoms with Gasteiger partial charge in [-0.15, -0.1) is 11.3 Å². The number of carbonyl (C=O) groups is 2. The SMILES string of the molecule is CCN(CC(=O)Nc1ccccc1OC)C(=O)c1sc(-c2ccccc2)nc1C. The van der Waals surface area contributed by atoms with Crippen molar-refractivity contribution in [2.24, 2.45) is 0 Å². The van der Waals surface area contributed by atoms with Gasteiger partial charge >= 0.3 is 0 Å². The molecule has 0 saturated carbocycles. The minimum absolute atomic E-state index is 0.0502. The third-order valence-corrected chi connectivity index (χ3v) is 5.59. The smallest absolute Gasteiger partial charge is 0.266 e. The number of ether oxygens (including phenoxy) is 1. The molecule has 0 aliphatic heterocycles. The van der Waals surface area contributed by atoms with Crippen molar-refractivity contribution in [1.29, 1.82) is 0 Å². The number of hydrogen-bond acceptors (Lipinski definition) is 5. The summed E-state index contributed by atoms with van der Waals surface area (Å²) in [7, 11) is 1.55. The van der Waals surface area contributed by atoms with Gasteiger partial charge in [0.1, 0.15) is 22.2 Å². The van der Waals surface area contributed by atoms with E-state index in [1.807, 2.05) is 56.3 Å². The molecule has 0 atom stereocenters. The van der Waals surface area contributed by atoms with E-state index in [-0.39, 0.29) is 18.4 Å². The number of benzene rings is 2. The summed E-state index contributed by atoms with van der Waals surface area (Å²) in [5, 5.41) is 3.60. The number of rotatable bonds is 7. The highest BCUT2D eigenvalue weighted by molar-refractivity contribution is 7.17. The van der Waals surface area contributed by atoms with Crippen LogP contribution in [-0.2, 0) is 4.79 Å². The zero-order valence-corrected chi connectivity index (χ0v) is 17.5. The lowest BCUT2D eigenvalue weighted by molar-refractivity contribution is -0.116. The Balaban J connectivity index is 1.74. The second-order valence-corrected chi connectivity index (χ2v) is 7.37. The number of thiazole rings is 1.